The Bertz CT molecular complexity index is 1140. The Hall–Kier alpha value is -3.58. The van der Waals surface area contributed by atoms with Crippen LogP contribution < -0.4 is 14.2 Å². The fourth-order valence-electron chi connectivity index (χ4n) is 4.17. The maximum absolute atomic E-state index is 13.4. The Balaban J connectivity index is 1.27. The Morgan fingerprint density at radius 2 is 1.85 bits per heavy atom. The molecule has 3 aromatic carbocycles. The number of hydrogen-bond donors (Lipinski definition) is 0. The SMILES string of the molecule is O=C(c1ccc2c(c1)OCO2)N(Cc1ccc(OCc2cccc(F)c2)cc1)C[C@H]1CCCO1. The summed E-state index contributed by atoms with van der Waals surface area (Å²) in [6.07, 6.45) is 1.98. The van der Waals surface area contributed by atoms with E-state index in [2.05, 4.69) is 0 Å². The highest BCUT2D eigenvalue weighted by molar-refractivity contribution is 5.95. The zero-order valence-electron chi connectivity index (χ0n) is 18.7. The summed E-state index contributed by atoms with van der Waals surface area (Å²) < 4.78 is 35.7. The smallest absolute Gasteiger partial charge is 0.254 e. The second-order valence-electron chi connectivity index (χ2n) is 8.45. The lowest BCUT2D eigenvalue weighted by Crippen LogP contribution is -2.37. The molecule has 0 N–H and O–H groups in total. The van der Waals surface area contributed by atoms with Gasteiger partial charge in [-0.05, 0) is 66.4 Å². The molecule has 2 heterocycles. The van der Waals surface area contributed by atoms with Crippen molar-refractivity contribution >= 4 is 5.91 Å². The van der Waals surface area contributed by atoms with Gasteiger partial charge in [-0.15, -0.1) is 0 Å². The molecule has 176 valence electrons. The quantitative estimate of drug-likeness (QED) is 0.473. The Morgan fingerprint density at radius 3 is 2.65 bits per heavy atom. The third-order valence-corrected chi connectivity index (χ3v) is 5.95. The molecule has 5 rings (SSSR count). The molecule has 0 aromatic heterocycles. The van der Waals surface area contributed by atoms with Crippen LogP contribution in [0.4, 0.5) is 4.39 Å². The molecular weight excluding hydrogens is 437 g/mol. The van der Waals surface area contributed by atoms with Crippen molar-refractivity contribution in [3.63, 3.8) is 0 Å². The zero-order chi connectivity index (χ0) is 23.3. The number of hydrogen-bond acceptors (Lipinski definition) is 5. The highest BCUT2D eigenvalue weighted by Crippen LogP contribution is 2.33. The number of fused-ring (bicyclic) bond motifs is 1. The normalized spacial score (nSPS) is 16.4. The van der Waals surface area contributed by atoms with E-state index in [9.17, 15) is 9.18 Å². The van der Waals surface area contributed by atoms with Crippen molar-refractivity contribution in [1.29, 1.82) is 0 Å². The van der Waals surface area contributed by atoms with Gasteiger partial charge in [0.25, 0.3) is 5.91 Å². The van der Waals surface area contributed by atoms with Crippen molar-refractivity contribution < 1.29 is 28.1 Å². The molecule has 34 heavy (non-hydrogen) atoms. The predicted octanol–water partition coefficient (Wildman–Crippen LogP) is 4.95. The van der Waals surface area contributed by atoms with Crippen LogP contribution in [0, 0.1) is 5.82 Å². The summed E-state index contributed by atoms with van der Waals surface area (Å²) in [4.78, 5) is 15.2. The summed E-state index contributed by atoms with van der Waals surface area (Å²) in [6.45, 7) is 2.14. The van der Waals surface area contributed by atoms with Crippen LogP contribution >= 0.6 is 0 Å². The standard InChI is InChI=1S/C27H26FNO5/c28-22-4-1-3-20(13-22)17-32-23-9-6-19(7-10-23)15-29(16-24-5-2-12-31-24)27(30)21-8-11-25-26(14-21)34-18-33-25/h1,3-4,6-11,13-14,24H,2,5,12,15-18H2/t24-/m1/s1. The third kappa shape index (κ3) is 5.31. The van der Waals surface area contributed by atoms with Gasteiger partial charge >= 0.3 is 0 Å². The Kier molecular flexibility index (Phi) is 6.62. The monoisotopic (exact) mass is 463 g/mol. The van der Waals surface area contributed by atoms with Crippen molar-refractivity contribution in [2.24, 2.45) is 0 Å². The number of rotatable bonds is 8. The summed E-state index contributed by atoms with van der Waals surface area (Å²) in [5.74, 6) is 1.55. The fourth-order valence-corrected chi connectivity index (χ4v) is 4.17. The molecule has 1 saturated heterocycles. The van der Waals surface area contributed by atoms with Gasteiger partial charge in [0.1, 0.15) is 18.2 Å². The minimum atomic E-state index is -0.282. The number of benzene rings is 3. The summed E-state index contributed by atoms with van der Waals surface area (Å²) in [6, 6.07) is 19.2. The first kappa shape index (κ1) is 22.2. The lowest BCUT2D eigenvalue weighted by molar-refractivity contribution is 0.0507. The van der Waals surface area contributed by atoms with Crippen LogP contribution in [-0.2, 0) is 17.9 Å². The topological polar surface area (TPSA) is 57.2 Å². The first-order valence-electron chi connectivity index (χ1n) is 11.4. The van der Waals surface area contributed by atoms with Crippen LogP contribution in [0.3, 0.4) is 0 Å². The largest absolute Gasteiger partial charge is 0.489 e. The molecule has 0 radical (unpaired) electrons. The number of carbonyl (C=O) groups excluding carboxylic acids is 1. The van der Waals surface area contributed by atoms with Crippen LogP contribution in [0.25, 0.3) is 0 Å². The van der Waals surface area contributed by atoms with E-state index in [1.165, 1.54) is 12.1 Å². The molecule has 0 aliphatic carbocycles. The summed E-state index contributed by atoms with van der Waals surface area (Å²) in [5, 5.41) is 0. The number of carbonyl (C=O) groups is 1. The fraction of sp³-hybridized carbons (Fsp3) is 0.296. The van der Waals surface area contributed by atoms with Crippen LogP contribution in [0.15, 0.2) is 66.7 Å². The van der Waals surface area contributed by atoms with Crippen LogP contribution in [0.2, 0.25) is 0 Å². The Labute approximate surface area is 197 Å². The summed E-state index contributed by atoms with van der Waals surface area (Å²) in [5.41, 5.74) is 2.30. The van der Waals surface area contributed by atoms with E-state index in [1.54, 1.807) is 24.3 Å². The first-order valence-corrected chi connectivity index (χ1v) is 11.4. The molecule has 0 spiro atoms. The molecule has 1 atom stereocenters. The summed E-state index contributed by atoms with van der Waals surface area (Å²) in [7, 11) is 0. The minimum Gasteiger partial charge on any atom is -0.489 e. The number of nitrogens with zero attached hydrogens (tertiary/aromatic N) is 1. The van der Waals surface area contributed by atoms with Gasteiger partial charge in [-0.3, -0.25) is 4.79 Å². The van der Waals surface area contributed by atoms with Gasteiger partial charge in [0, 0.05) is 25.3 Å². The van der Waals surface area contributed by atoms with Gasteiger partial charge in [-0.25, -0.2) is 4.39 Å². The third-order valence-electron chi connectivity index (χ3n) is 5.95. The second kappa shape index (κ2) is 10.1. The first-order chi connectivity index (χ1) is 16.6. The molecule has 3 aromatic rings. The van der Waals surface area contributed by atoms with Crippen LogP contribution in [0.5, 0.6) is 17.2 Å². The van der Waals surface area contributed by atoms with E-state index >= 15 is 0 Å². The highest BCUT2D eigenvalue weighted by Gasteiger charge is 2.25. The second-order valence-corrected chi connectivity index (χ2v) is 8.45. The average molecular weight is 464 g/mol. The molecule has 7 heteroatoms. The van der Waals surface area contributed by atoms with Gasteiger partial charge in [0.2, 0.25) is 6.79 Å². The van der Waals surface area contributed by atoms with Gasteiger partial charge in [0.15, 0.2) is 11.5 Å². The van der Waals surface area contributed by atoms with Crippen molar-refractivity contribution in [3.05, 3.63) is 89.2 Å². The van der Waals surface area contributed by atoms with E-state index in [0.29, 0.717) is 35.9 Å². The predicted molar refractivity (Wildman–Crippen MR) is 123 cm³/mol. The molecule has 1 amide bonds. The van der Waals surface area contributed by atoms with E-state index in [4.69, 9.17) is 18.9 Å². The molecule has 6 nitrogen and oxygen atoms in total. The van der Waals surface area contributed by atoms with Gasteiger partial charge in [-0.2, -0.15) is 0 Å². The maximum atomic E-state index is 13.4. The molecule has 0 bridgehead atoms. The van der Waals surface area contributed by atoms with E-state index in [0.717, 1.165) is 30.6 Å². The number of halogens is 1. The molecule has 0 saturated carbocycles. The molecule has 1 fully saturated rings. The van der Waals surface area contributed by atoms with Gasteiger partial charge in [0.05, 0.1) is 6.10 Å². The van der Waals surface area contributed by atoms with Gasteiger partial charge < -0.3 is 23.8 Å². The Morgan fingerprint density at radius 1 is 1.00 bits per heavy atom. The van der Waals surface area contributed by atoms with E-state index in [-0.39, 0.29) is 31.2 Å². The van der Waals surface area contributed by atoms with Crippen LogP contribution in [0.1, 0.15) is 34.3 Å². The summed E-state index contributed by atoms with van der Waals surface area (Å²) >= 11 is 0. The van der Waals surface area contributed by atoms with E-state index in [1.807, 2.05) is 35.2 Å². The lowest BCUT2D eigenvalue weighted by atomic mass is 10.1. The lowest BCUT2D eigenvalue weighted by Gasteiger charge is -2.26. The van der Waals surface area contributed by atoms with Crippen LogP contribution in [-0.4, -0.2) is 36.9 Å². The molecule has 0 unspecified atom stereocenters. The highest BCUT2D eigenvalue weighted by atomic mass is 19.1. The zero-order valence-corrected chi connectivity index (χ0v) is 18.7. The molecule has 2 aliphatic rings. The average Bonchev–Trinajstić information content (AvgIpc) is 3.54. The van der Waals surface area contributed by atoms with E-state index < -0.39 is 0 Å². The van der Waals surface area contributed by atoms with Crippen molar-refractivity contribution in [2.45, 2.75) is 32.1 Å². The van der Waals surface area contributed by atoms with Crippen molar-refractivity contribution in [3.8, 4) is 17.2 Å². The van der Waals surface area contributed by atoms with Gasteiger partial charge in [-0.1, -0.05) is 24.3 Å². The molecule has 2 aliphatic heterocycles. The minimum absolute atomic E-state index is 0.0341. The van der Waals surface area contributed by atoms with Crippen molar-refractivity contribution in [1.82, 2.24) is 4.90 Å². The number of ether oxygens (including phenoxy) is 4. The maximum Gasteiger partial charge on any atom is 0.254 e. The number of amides is 1. The van der Waals surface area contributed by atoms with Crippen molar-refractivity contribution in [2.75, 3.05) is 19.9 Å². The molecular formula is C27H26FNO5.